The average Bonchev–Trinajstić information content (AvgIpc) is 3.13. The van der Waals surface area contributed by atoms with Crippen molar-refractivity contribution in [3.8, 4) is 0 Å². The third-order valence-corrected chi connectivity index (χ3v) is 10.5. The maximum atomic E-state index is 13.4. The summed E-state index contributed by atoms with van der Waals surface area (Å²) in [7, 11) is 0. The van der Waals surface area contributed by atoms with Gasteiger partial charge in [0.05, 0.1) is 5.02 Å². The van der Waals surface area contributed by atoms with Crippen LogP contribution < -0.4 is 5.32 Å². The van der Waals surface area contributed by atoms with Gasteiger partial charge in [-0.25, -0.2) is 4.98 Å². The number of aromatic nitrogens is 1. The number of nitrogens with zero attached hydrogens (tertiary/aromatic N) is 1. The lowest BCUT2D eigenvalue weighted by Crippen LogP contribution is -2.49. The van der Waals surface area contributed by atoms with E-state index in [1.165, 1.54) is 57.8 Å². The number of pyridine rings is 1. The zero-order chi connectivity index (χ0) is 21.8. The molecule has 4 fully saturated rings. The highest BCUT2D eigenvalue weighted by Crippen LogP contribution is 2.64. The standard InChI is InChI=1S/C27H39ClN2O/c1-4-17-6-8-19-18(15-17)7-9-21-20(19)13-14-27(3)22(21)10-11-23(27)26(31)30-25-24(28)12-5-16(2)29-25/h5,12,17-23H,4,6-11,13-15H2,1-3H3,(H,29,30,31). The van der Waals surface area contributed by atoms with Gasteiger partial charge >= 0.3 is 0 Å². The number of nitrogens with one attached hydrogen (secondary N) is 1. The summed E-state index contributed by atoms with van der Waals surface area (Å²) in [6.07, 6.45) is 13.4. The third-order valence-electron chi connectivity index (χ3n) is 10.2. The maximum absolute atomic E-state index is 13.4. The summed E-state index contributed by atoms with van der Waals surface area (Å²) in [5, 5.41) is 3.63. The van der Waals surface area contributed by atoms with E-state index in [0.717, 1.165) is 41.7 Å². The molecule has 1 amide bonds. The normalized spacial score (nSPS) is 41.7. The Bertz CT molecular complexity index is 841. The van der Waals surface area contributed by atoms with E-state index in [9.17, 15) is 4.79 Å². The number of aryl methyl sites for hydroxylation is 1. The third kappa shape index (κ3) is 3.73. The van der Waals surface area contributed by atoms with Crippen LogP contribution in [0.3, 0.4) is 0 Å². The van der Waals surface area contributed by atoms with E-state index in [1.54, 1.807) is 0 Å². The van der Waals surface area contributed by atoms with Crippen molar-refractivity contribution in [2.24, 2.45) is 46.8 Å². The second-order valence-corrected chi connectivity index (χ2v) is 11.9. The Labute approximate surface area is 193 Å². The Kier molecular flexibility index (Phi) is 5.86. The Morgan fingerprint density at radius 3 is 2.71 bits per heavy atom. The van der Waals surface area contributed by atoms with Gasteiger partial charge in [-0.2, -0.15) is 0 Å². The molecule has 4 heteroatoms. The molecule has 8 unspecified atom stereocenters. The first-order valence-corrected chi connectivity index (χ1v) is 13.2. The molecule has 0 saturated heterocycles. The Morgan fingerprint density at radius 2 is 1.90 bits per heavy atom. The van der Waals surface area contributed by atoms with E-state index in [-0.39, 0.29) is 17.2 Å². The van der Waals surface area contributed by atoms with Crippen molar-refractivity contribution in [3.05, 3.63) is 22.8 Å². The largest absolute Gasteiger partial charge is 0.309 e. The van der Waals surface area contributed by atoms with Gasteiger partial charge in [-0.3, -0.25) is 4.79 Å². The van der Waals surface area contributed by atoms with E-state index in [4.69, 9.17) is 11.6 Å². The number of amides is 1. The van der Waals surface area contributed by atoms with Gasteiger partial charge < -0.3 is 5.32 Å². The molecule has 8 atom stereocenters. The minimum absolute atomic E-state index is 0.0883. The molecule has 1 heterocycles. The van der Waals surface area contributed by atoms with Crippen LogP contribution in [-0.4, -0.2) is 10.9 Å². The van der Waals surface area contributed by atoms with Gasteiger partial charge in [0.2, 0.25) is 5.91 Å². The Balaban J connectivity index is 1.31. The lowest BCUT2D eigenvalue weighted by Gasteiger charge is -2.56. The topological polar surface area (TPSA) is 42.0 Å². The summed E-state index contributed by atoms with van der Waals surface area (Å²) in [4.78, 5) is 17.9. The van der Waals surface area contributed by atoms with Crippen molar-refractivity contribution in [3.63, 3.8) is 0 Å². The predicted molar refractivity (Wildman–Crippen MR) is 127 cm³/mol. The van der Waals surface area contributed by atoms with Crippen molar-refractivity contribution < 1.29 is 4.79 Å². The number of hydrogen-bond donors (Lipinski definition) is 1. The SMILES string of the molecule is CCC1CCC2C(CCC3C2CCC2(C)C(C(=O)Nc4nc(C)ccc4Cl)CCC32)C1. The molecule has 0 bridgehead atoms. The first kappa shape index (κ1) is 21.7. The zero-order valence-electron chi connectivity index (χ0n) is 19.5. The molecular weight excluding hydrogens is 404 g/mol. The molecule has 0 aromatic carbocycles. The molecule has 31 heavy (non-hydrogen) atoms. The van der Waals surface area contributed by atoms with Crippen LogP contribution in [0.4, 0.5) is 5.82 Å². The van der Waals surface area contributed by atoms with Crippen molar-refractivity contribution in [2.45, 2.75) is 85.0 Å². The lowest BCUT2D eigenvalue weighted by molar-refractivity contribution is -0.127. The van der Waals surface area contributed by atoms with E-state index >= 15 is 0 Å². The van der Waals surface area contributed by atoms with Crippen LogP contribution in [0.15, 0.2) is 12.1 Å². The van der Waals surface area contributed by atoms with E-state index in [1.807, 2.05) is 19.1 Å². The summed E-state index contributed by atoms with van der Waals surface area (Å²) >= 11 is 6.32. The van der Waals surface area contributed by atoms with Gasteiger partial charge in [0, 0.05) is 11.6 Å². The quantitative estimate of drug-likeness (QED) is 0.534. The molecule has 1 aromatic heterocycles. The van der Waals surface area contributed by atoms with E-state index < -0.39 is 0 Å². The van der Waals surface area contributed by atoms with Crippen LogP contribution in [0.2, 0.25) is 5.02 Å². The highest BCUT2D eigenvalue weighted by atomic mass is 35.5. The molecule has 0 aliphatic heterocycles. The number of rotatable bonds is 3. The number of carbonyl (C=O) groups excluding carboxylic acids is 1. The number of fused-ring (bicyclic) bond motifs is 5. The smallest absolute Gasteiger partial charge is 0.229 e. The van der Waals surface area contributed by atoms with Crippen LogP contribution >= 0.6 is 11.6 Å². The van der Waals surface area contributed by atoms with Crippen LogP contribution in [0.1, 0.15) is 83.7 Å². The summed E-state index contributed by atoms with van der Waals surface area (Å²) in [6, 6.07) is 3.71. The van der Waals surface area contributed by atoms with E-state index in [0.29, 0.717) is 16.8 Å². The average molecular weight is 443 g/mol. The molecule has 5 rings (SSSR count). The molecule has 4 aliphatic rings. The molecule has 3 nitrogen and oxygen atoms in total. The van der Waals surface area contributed by atoms with E-state index in [2.05, 4.69) is 24.1 Å². The fourth-order valence-electron chi connectivity index (χ4n) is 8.58. The molecule has 4 aliphatic carbocycles. The zero-order valence-corrected chi connectivity index (χ0v) is 20.3. The molecule has 1 N–H and O–H groups in total. The van der Waals surface area contributed by atoms with Crippen molar-refractivity contribution in [1.82, 2.24) is 4.98 Å². The predicted octanol–water partition coefficient (Wildman–Crippen LogP) is 7.28. The van der Waals surface area contributed by atoms with Gasteiger partial charge in [0.15, 0.2) is 5.82 Å². The van der Waals surface area contributed by atoms with Gasteiger partial charge in [0.1, 0.15) is 0 Å². The monoisotopic (exact) mass is 442 g/mol. The van der Waals surface area contributed by atoms with Crippen molar-refractivity contribution in [1.29, 1.82) is 0 Å². The first-order chi connectivity index (χ1) is 14.9. The number of carbonyl (C=O) groups is 1. The van der Waals surface area contributed by atoms with Crippen LogP contribution in [-0.2, 0) is 4.79 Å². The molecular formula is C27H39ClN2O. The maximum Gasteiger partial charge on any atom is 0.229 e. The van der Waals surface area contributed by atoms with Gasteiger partial charge in [-0.15, -0.1) is 0 Å². The highest BCUT2D eigenvalue weighted by molar-refractivity contribution is 6.33. The second-order valence-electron chi connectivity index (χ2n) is 11.5. The number of halogens is 1. The molecule has 4 saturated carbocycles. The fraction of sp³-hybridized carbons (Fsp3) is 0.778. The van der Waals surface area contributed by atoms with Crippen LogP contribution in [0, 0.1) is 53.8 Å². The van der Waals surface area contributed by atoms with Crippen LogP contribution in [0.5, 0.6) is 0 Å². The lowest BCUT2D eigenvalue weighted by atomic mass is 9.49. The second kappa shape index (κ2) is 8.36. The summed E-state index contributed by atoms with van der Waals surface area (Å²) in [5.41, 5.74) is 1.01. The Hall–Kier alpha value is -1.09. The fourth-order valence-corrected chi connectivity index (χ4v) is 8.74. The number of anilines is 1. The highest BCUT2D eigenvalue weighted by Gasteiger charge is 2.58. The summed E-state index contributed by atoms with van der Waals surface area (Å²) in [6.45, 7) is 6.74. The minimum Gasteiger partial charge on any atom is -0.309 e. The molecule has 170 valence electrons. The van der Waals surface area contributed by atoms with Gasteiger partial charge in [0.25, 0.3) is 0 Å². The van der Waals surface area contributed by atoms with Gasteiger partial charge in [-0.1, -0.05) is 38.3 Å². The Morgan fingerprint density at radius 1 is 1.10 bits per heavy atom. The summed E-state index contributed by atoms with van der Waals surface area (Å²) < 4.78 is 0. The van der Waals surface area contributed by atoms with Crippen LogP contribution in [0.25, 0.3) is 0 Å². The first-order valence-electron chi connectivity index (χ1n) is 12.8. The van der Waals surface area contributed by atoms with Crippen molar-refractivity contribution >= 4 is 23.3 Å². The van der Waals surface area contributed by atoms with Crippen molar-refractivity contribution in [2.75, 3.05) is 5.32 Å². The summed E-state index contributed by atoms with van der Waals surface area (Å²) in [5.74, 6) is 6.17. The molecule has 0 spiro atoms. The van der Waals surface area contributed by atoms with Gasteiger partial charge in [-0.05, 0) is 111 Å². The minimum atomic E-state index is 0.0883. The number of hydrogen-bond acceptors (Lipinski definition) is 2. The molecule has 1 aromatic rings. The molecule has 0 radical (unpaired) electrons.